The van der Waals surface area contributed by atoms with Gasteiger partial charge in [-0.2, -0.15) is 0 Å². The van der Waals surface area contributed by atoms with Gasteiger partial charge in [-0.15, -0.1) is 11.6 Å². The summed E-state index contributed by atoms with van der Waals surface area (Å²) in [7, 11) is 0. The van der Waals surface area contributed by atoms with Gasteiger partial charge in [0.05, 0.1) is 12.0 Å². The van der Waals surface area contributed by atoms with Crippen LogP contribution in [-0.2, 0) is 9.53 Å². The van der Waals surface area contributed by atoms with E-state index < -0.39 is 11.2 Å². The largest absolute Gasteiger partial charge is 0.508 e. The summed E-state index contributed by atoms with van der Waals surface area (Å²) >= 11 is 6.01. The van der Waals surface area contributed by atoms with E-state index in [-0.39, 0.29) is 18.1 Å². The second-order valence-corrected chi connectivity index (χ2v) is 4.08. The number of ether oxygens (including phenoxy) is 1. The van der Waals surface area contributed by atoms with Gasteiger partial charge in [0.2, 0.25) is 0 Å². The highest BCUT2D eigenvalue weighted by Crippen LogP contribution is 2.29. The molecule has 1 N–H and O–H groups in total. The van der Waals surface area contributed by atoms with Crippen molar-refractivity contribution in [1.82, 2.24) is 0 Å². The van der Waals surface area contributed by atoms with Crippen molar-refractivity contribution in [3.05, 3.63) is 29.6 Å². The van der Waals surface area contributed by atoms with Crippen LogP contribution in [0.1, 0.15) is 30.7 Å². The lowest BCUT2D eigenvalue weighted by Gasteiger charge is -2.10. The van der Waals surface area contributed by atoms with Gasteiger partial charge in [-0.25, -0.2) is 4.39 Å². The van der Waals surface area contributed by atoms with Gasteiger partial charge in [-0.05, 0) is 31.0 Å². The fourth-order valence-electron chi connectivity index (χ4n) is 1.42. The molecule has 0 heterocycles. The second kappa shape index (κ2) is 6.45. The van der Waals surface area contributed by atoms with Gasteiger partial charge >= 0.3 is 5.97 Å². The molecule has 1 unspecified atom stereocenters. The van der Waals surface area contributed by atoms with Crippen LogP contribution in [0.25, 0.3) is 0 Å². The van der Waals surface area contributed by atoms with E-state index in [1.165, 1.54) is 12.1 Å². The lowest BCUT2D eigenvalue weighted by atomic mass is 10.1. The molecule has 0 fully saturated rings. The van der Waals surface area contributed by atoms with E-state index in [1.807, 2.05) is 0 Å². The van der Waals surface area contributed by atoms with Gasteiger partial charge in [0.1, 0.15) is 11.6 Å². The van der Waals surface area contributed by atoms with Crippen LogP contribution in [0.5, 0.6) is 5.75 Å². The molecule has 1 aromatic carbocycles. The number of alkyl halides is 1. The van der Waals surface area contributed by atoms with E-state index in [1.54, 1.807) is 6.92 Å². The third kappa shape index (κ3) is 4.61. The zero-order valence-electron chi connectivity index (χ0n) is 9.45. The first-order chi connectivity index (χ1) is 8.02. The van der Waals surface area contributed by atoms with E-state index in [0.29, 0.717) is 18.6 Å². The highest BCUT2D eigenvalue weighted by molar-refractivity contribution is 6.20. The third-order valence-corrected chi connectivity index (χ3v) is 2.64. The zero-order valence-corrected chi connectivity index (χ0v) is 10.2. The fourth-order valence-corrected chi connectivity index (χ4v) is 1.66. The first kappa shape index (κ1) is 13.8. The summed E-state index contributed by atoms with van der Waals surface area (Å²) in [6.07, 6.45) is 0.503. The summed E-state index contributed by atoms with van der Waals surface area (Å²) in [6, 6.07) is 3.62. The van der Waals surface area contributed by atoms with E-state index in [9.17, 15) is 14.3 Å². The lowest BCUT2D eigenvalue weighted by Crippen LogP contribution is -2.05. The Morgan fingerprint density at radius 1 is 1.53 bits per heavy atom. The number of hydrogen-bond donors (Lipinski definition) is 1. The maximum Gasteiger partial charge on any atom is 0.305 e. The first-order valence-corrected chi connectivity index (χ1v) is 5.75. The monoisotopic (exact) mass is 260 g/mol. The van der Waals surface area contributed by atoms with Gasteiger partial charge in [-0.3, -0.25) is 4.79 Å². The predicted octanol–water partition coefficient (Wildman–Crippen LogP) is 3.15. The molecular formula is C12H14ClFO3. The summed E-state index contributed by atoms with van der Waals surface area (Å²) < 4.78 is 17.8. The number of hydrogen-bond acceptors (Lipinski definition) is 3. The van der Waals surface area contributed by atoms with Crippen LogP contribution in [0.2, 0.25) is 0 Å². The topological polar surface area (TPSA) is 46.5 Å². The predicted molar refractivity (Wildman–Crippen MR) is 62.5 cm³/mol. The molecule has 0 bridgehead atoms. The quantitative estimate of drug-likeness (QED) is 0.653. The number of rotatable bonds is 5. The Morgan fingerprint density at radius 3 is 2.82 bits per heavy atom. The van der Waals surface area contributed by atoms with Crippen molar-refractivity contribution in [2.75, 3.05) is 6.61 Å². The molecule has 0 spiro atoms. The lowest BCUT2D eigenvalue weighted by molar-refractivity contribution is -0.143. The zero-order chi connectivity index (χ0) is 12.8. The smallest absolute Gasteiger partial charge is 0.305 e. The Morgan fingerprint density at radius 2 is 2.24 bits per heavy atom. The third-order valence-electron chi connectivity index (χ3n) is 2.17. The highest BCUT2D eigenvalue weighted by Gasteiger charge is 2.13. The van der Waals surface area contributed by atoms with Crippen LogP contribution in [0, 0.1) is 5.82 Å². The molecule has 1 aromatic rings. The molecule has 0 aliphatic rings. The SMILES string of the molecule is CCOC(=O)CCC(Cl)c1cc(O)cc(F)c1. The molecule has 0 aliphatic carbocycles. The van der Waals surface area contributed by atoms with Crippen LogP contribution in [-0.4, -0.2) is 17.7 Å². The first-order valence-electron chi connectivity index (χ1n) is 5.32. The standard InChI is InChI=1S/C12H14ClFO3/c1-2-17-12(16)4-3-11(13)8-5-9(14)7-10(15)6-8/h5-7,11,15H,2-4H2,1H3. The summed E-state index contributed by atoms with van der Waals surface area (Å²) in [5.74, 6) is -1.07. The van der Waals surface area contributed by atoms with Crippen molar-refractivity contribution in [2.45, 2.75) is 25.1 Å². The molecule has 0 aliphatic heterocycles. The molecular weight excluding hydrogens is 247 g/mol. The Balaban J connectivity index is 2.57. The van der Waals surface area contributed by atoms with Crippen molar-refractivity contribution in [3.8, 4) is 5.75 Å². The maximum atomic E-state index is 13.0. The number of carbonyl (C=O) groups excluding carboxylic acids is 1. The molecule has 0 radical (unpaired) electrons. The van der Waals surface area contributed by atoms with E-state index in [0.717, 1.165) is 6.07 Å². The van der Waals surface area contributed by atoms with Crippen LogP contribution < -0.4 is 0 Å². The molecule has 0 aromatic heterocycles. The van der Waals surface area contributed by atoms with E-state index in [2.05, 4.69) is 0 Å². The van der Waals surface area contributed by atoms with Crippen molar-refractivity contribution >= 4 is 17.6 Å². The number of esters is 1. The van der Waals surface area contributed by atoms with Gasteiger partial charge in [0.25, 0.3) is 0 Å². The second-order valence-electron chi connectivity index (χ2n) is 3.55. The van der Waals surface area contributed by atoms with Crippen LogP contribution in [0.15, 0.2) is 18.2 Å². The molecule has 0 saturated heterocycles. The number of aromatic hydroxyl groups is 1. The average molecular weight is 261 g/mol. The van der Waals surface area contributed by atoms with Gasteiger partial charge < -0.3 is 9.84 Å². The average Bonchev–Trinajstić information content (AvgIpc) is 2.25. The Kier molecular flexibility index (Phi) is 5.22. The fraction of sp³-hybridized carbons (Fsp3) is 0.417. The molecule has 5 heteroatoms. The summed E-state index contributed by atoms with van der Waals surface area (Å²) in [5.41, 5.74) is 0.452. The van der Waals surface area contributed by atoms with Crippen molar-refractivity contribution in [3.63, 3.8) is 0 Å². The van der Waals surface area contributed by atoms with Crippen LogP contribution in [0.3, 0.4) is 0 Å². The number of phenolic OH excluding ortho intramolecular Hbond substituents is 1. The van der Waals surface area contributed by atoms with Crippen molar-refractivity contribution in [1.29, 1.82) is 0 Å². The molecule has 3 nitrogen and oxygen atoms in total. The van der Waals surface area contributed by atoms with Crippen LogP contribution in [0.4, 0.5) is 4.39 Å². The minimum absolute atomic E-state index is 0.166. The summed E-state index contributed by atoms with van der Waals surface area (Å²) in [5, 5.41) is 8.69. The molecule has 94 valence electrons. The molecule has 0 amide bonds. The minimum atomic E-state index is -0.554. The van der Waals surface area contributed by atoms with Gasteiger partial charge in [0.15, 0.2) is 0 Å². The molecule has 1 atom stereocenters. The number of phenols is 1. The van der Waals surface area contributed by atoms with E-state index >= 15 is 0 Å². The van der Waals surface area contributed by atoms with Crippen molar-refractivity contribution < 1.29 is 19.0 Å². The normalized spacial score (nSPS) is 12.2. The Bertz CT molecular complexity index is 375. The van der Waals surface area contributed by atoms with E-state index in [4.69, 9.17) is 16.3 Å². The van der Waals surface area contributed by atoms with Crippen LogP contribution >= 0.6 is 11.6 Å². The number of benzene rings is 1. The molecule has 17 heavy (non-hydrogen) atoms. The Labute approximate surface area is 104 Å². The Hall–Kier alpha value is -1.29. The molecule has 1 rings (SSSR count). The number of carbonyl (C=O) groups is 1. The van der Waals surface area contributed by atoms with Gasteiger partial charge in [0, 0.05) is 12.5 Å². The maximum absolute atomic E-state index is 13.0. The summed E-state index contributed by atoms with van der Waals surface area (Å²) in [6.45, 7) is 2.05. The number of halogens is 2. The minimum Gasteiger partial charge on any atom is -0.508 e. The van der Waals surface area contributed by atoms with Crippen molar-refractivity contribution in [2.24, 2.45) is 0 Å². The van der Waals surface area contributed by atoms with Gasteiger partial charge in [-0.1, -0.05) is 0 Å². The molecule has 0 saturated carbocycles. The summed E-state index contributed by atoms with van der Waals surface area (Å²) in [4.78, 5) is 11.1. The highest BCUT2D eigenvalue weighted by atomic mass is 35.5.